The average Bonchev–Trinajstić information content (AvgIpc) is 3.86. The molecule has 69 heavy (non-hydrogen) atoms. The van der Waals surface area contributed by atoms with E-state index in [1.54, 1.807) is 26.4 Å². The number of methoxy groups -OCH3 is 2. The third-order valence-corrected chi connectivity index (χ3v) is 13.0. The number of para-hydroxylation sites is 2. The van der Waals surface area contributed by atoms with Crippen LogP contribution >= 0.6 is 0 Å². The first-order chi connectivity index (χ1) is 33.7. The Balaban J connectivity index is 0.981. The van der Waals surface area contributed by atoms with E-state index >= 15 is 0 Å². The lowest BCUT2D eigenvalue weighted by Gasteiger charge is -2.26. The molecule has 5 aromatic rings. The Morgan fingerprint density at radius 3 is 1.84 bits per heavy atom. The highest BCUT2D eigenvalue weighted by molar-refractivity contribution is 6.15. The summed E-state index contributed by atoms with van der Waals surface area (Å²) in [6.07, 6.45) is 6.76. The Labute approximate surface area is 403 Å². The van der Waals surface area contributed by atoms with Crippen molar-refractivity contribution in [1.29, 1.82) is 0 Å². The summed E-state index contributed by atoms with van der Waals surface area (Å²) in [5.41, 5.74) is 9.57. The summed E-state index contributed by atoms with van der Waals surface area (Å²) in [4.78, 5) is 56.1. The third kappa shape index (κ3) is 10.4. The summed E-state index contributed by atoms with van der Waals surface area (Å²) in [7, 11) is 3.20. The predicted molar refractivity (Wildman–Crippen MR) is 267 cm³/mol. The maximum absolute atomic E-state index is 14.1. The maximum Gasteiger partial charge on any atom is 0.261 e. The number of aryl methyl sites for hydroxylation is 1. The third-order valence-electron chi connectivity index (χ3n) is 13.0. The van der Waals surface area contributed by atoms with Gasteiger partial charge in [-0.2, -0.15) is 0 Å². The lowest BCUT2D eigenvalue weighted by molar-refractivity contribution is -0.118. The van der Waals surface area contributed by atoms with Gasteiger partial charge in [-0.1, -0.05) is 43.3 Å². The number of carbonyl (C=O) groups is 3. The van der Waals surface area contributed by atoms with E-state index in [1.165, 1.54) is 0 Å². The Bertz CT molecular complexity index is 2770. The molecular formula is C55H59N5O9. The Morgan fingerprint density at radius 1 is 0.667 bits per heavy atom. The SMILES string of the molecule is CCC(=O)CCCN(CCOCCOCCOC)c1cc(COc2cc3c(cc2C)C(=O)N2c4ccccc4C[C@H]2C=N3)cc(COc2cc3c(cc2OC)C(=O)N2c4ccccc4C[C@H]2C=N3)c1. The summed E-state index contributed by atoms with van der Waals surface area (Å²) in [6, 6.07) is 29.1. The van der Waals surface area contributed by atoms with Crippen LogP contribution in [0.2, 0.25) is 0 Å². The lowest BCUT2D eigenvalue weighted by atomic mass is 10.1. The Kier molecular flexibility index (Phi) is 14.8. The lowest BCUT2D eigenvalue weighted by Crippen LogP contribution is -2.37. The molecule has 2 atom stereocenters. The number of ketones is 1. The van der Waals surface area contributed by atoms with E-state index in [-0.39, 0.29) is 42.9 Å². The second-order valence-electron chi connectivity index (χ2n) is 17.6. The molecule has 0 N–H and O–H groups in total. The van der Waals surface area contributed by atoms with Crippen molar-refractivity contribution in [1.82, 2.24) is 0 Å². The highest BCUT2D eigenvalue weighted by atomic mass is 16.5. The molecule has 0 saturated carbocycles. The van der Waals surface area contributed by atoms with Gasteiger partial charge in [0.05, 0.1) is 74.7 Å². The van der Waals surface area contributed by atoms with Gasteiger partial charge >= 0.3 is 0 Å². The van der Waals surface area contributed by atoms with Gasteiger partial charge in [-0.3, -0.25) is 34.2 Å². The monoisotopic (exact) mass is 933 g/mol. The molecule has 0 saturated heterocycles. The van der Waals surface area contributed by atoms with E-state index in [2.05, 4.69) is 29.2 Å². The minimum atomic E-state index is -0.190. The number of aliphatic imine (C=N–C) groups is 2. The van der Waals surface area contributed by atoms with Crippen LogP contribution in [0, 0.1) is 6.92 Å². The van der Waals surface area contributed by atoms with Crippen LogP contribution in [0.25, 0.3) is 0 Å². The zero-order chi connectivity index (χ0) is 47.9. The number of benzene rings is 5. The number of ether oxygens (including phenoxy) is 6. The first-order valence-electron chi connectivity index (χ1n) is 23.8. The first kappa shape index (κ1) is 47.2. The topological polar surface area (TPSA) is 141 Å². The van der Waals surface area contributed by atoms with Crippen molar-refractivity contribution in [2.45, 2.75) is 71.2 Å². The van der Waals surface area contributed by atoms with E-state index in [0.29, 0.717) is 118 Å². The minimum absolute atomic E-state index is 0.0802. The van der Waals surface area contributed by atoms with E-state index in [4.69, 9.17) is 38.4 Å². The molecule has 4 aliphatic heterocycles. The number of nitrogens with zero attached hydrogens (tertiary/aromatic N) is 5. The number of hydrogen-bond donors (Lipinski definition) is 0. The zero-order valence-corrected chi connectivity index (χ0v) is 39.8. The van der Waals surface area contributed by atoms with Crippen LogP contribution < -0.4 is 28.9 Å². The van der Waals surface area contributed by atoms with Crippen LogP contribution in [0.15, 0.2) is 101 Å². The van der Waals surface area contributed by atoms with Gasteiger partial charge in [-0.15, -0.1) is 0 Å². The second-order valence-corrected chi connectivity index (χ2v) is 17.6. The van der Waals surface area contributed by atoms with Crippen molar-refractivity contribution in [3.05, 3.63) is 130 Å². The second kappa shape index (κ2) is 21.6. The van der Waals surface area contributed by atoms with Gasteiger partial charge in [0.25, 0.3) is 11.8 Å². The zero-order valence-electron chi connectivity index (χ0n) is 39.8. The fourth-order valence-corrected chi connectivity index (χ4v) is 9.46. The molecule has 4 aliphatic rings. The van der Waals surface area contributed by atoms with Crippen LogP contribution in [0.3, 0.4) is 0 Å². The van der Waals surface area contributed by atoms with Gasteiger partial charge < -0.3 is 33.3 Å². The average molecular weight is 934 g/mol. The highest BCUT2D eigenvalue weighted by Gasteiger charge is 2.38. The van der Waals surface area contributed by atoms with Crippen molar-refractivity contribution < 1.29 is 42.8 Å². The molecule has 0 bridgehead atoms. The maximum atomic E-state index is 14.1. The molecule has 14 nitrogen and oxygen atoms in total. The number of hydrogen-bond acceptors (Lipinski definition) is 12. The fourth-order valence-electron chi connectivity index (χ4n) is 9.46. The van der Waals surface area contributed by atoms with Crippen LogP contribution in [-0.2, 0) is 45.1 Å². The fraction of sp³-hybridized carbons (Fsp3) is 0.364. The molecule has 0 aromatic heterocycles. The molecule has 0 radical (unpaired) electrons. The molecular weight excluding hydrogens is 875 g/mol. The number of fused-ring (bicyclic) bond motifs is 8. The van der Waals surface area contributed by atoms with Gasteiger partial charge in [0, 0.05) is 87.5 Å². The molecule has 5 aromatic carbocycles. The van der Waals surface area contributed by atoms with Crippen LogP contribution in [-0.4, -0.2) is 102 Å². The van der Waals surface area contributed by atoms with Gasteiger partial charge in [-0.05, 0) is 83.6 Å². The molecule has 9 rings (SSSR count). The largest absolute Gasteiger partial charge is 0.493 e. The minimum Gasteiger partial charge on any atom is -0.493 e. The van der Waals surface area contributed by atoms with Crippen molar-refractivity contribution in [2.24, 2.45) is 9.98 Å². The molecule has 0 fully saturated rings. The number of rotatable bonds is 22. The van der Waals surface area contributed by atoms with Crippen molar-refractivity contribution in [3.8, 4) is 17.2 Å². The summed E-state index contributed by atoms with van der Waals surface area (Å²) >= 11 is 0. The Hall–Kier alpha value is -6.87. The van der Waals surface area contributed by atoms with E-state index in [9.17, 15) is 14.4 Å². The highest BCUT2D eigenvalue weighted by Crippen LogP contribution is 2.42. The van der Waals surface area contributed by atoms with Gasteiger partial charge in [0.2, 0.25) is 0 Å². The number of amides is 2. The van der Waals surface area contributed by atoms with Crippen molar-refractivity contribution in [3.63, 3.8) is 0 Å². The molecule has 0 aliphatic carbocycles. The molecule has 4 heterocycles. The molecule has 358 valence electrons. The Morgan fingerprint density at radius 2 is 1.23 bits per heavy atom. The number of Topliss-reactive ketones (excluding diaryl/α,β-unsaturated/α-hetero) is 1. The van der Waals surface area contributed by atoms with E-state index in [1.807, 2.05) is 90.7 Å². The summed E-state index contributed by atoms with van der Waals surface area (Å²) in [5, 5.41) is 0. The molecule has 0 unspecified atom stereocenters. The molecule has 14 heteroatoms. The van der Waals surface area contributed by atoms with E-state index in [0.717, 1.165) is 44.9 Å². The van der Waals surface area contributed by atoms with Gasteiger partial charge in [0.15, 0.2) is 11.5 Å². The standard InChI is InChI=1S/C55H59N5O9/c1-5-44(61)13-10-16-58(17-18-66-21-22-67-20-19-64-3)41-25-37(34-68-51-30-47-45(23-36(51)2)54(62)59-42(32-56-47)27-39-11-6-8-14-49(39)59)24-38(26-41)35-69-53-31-48-46(29-52(53)65-4)55(63)60-43(33-57-48)28-40-12-7-9-15-50(40)60/h6-9,11-12,14-15,23-26,29-33,42-43H,5,10,13,16-22,27-28,34-35H2,1-4H3/t42-,43-/m0/s1. The molecule has 0 spiro atoms. The summed E-state index contributed by atoms with van der Waals surface area (Å²) in [5.74, 6) is 1.48. The van der Waals surface area contributed by atoms with Crippen LogP contribution in [0.4, 0.5) is 28.4 Å². The normalized spacial score (nSPS) is 16.2. The smallest absolute Gasteiger partial charge is 0.261 e. The van der Waals surface area contributed by atoms with Crippen LogP contribution in [0.1, 0.15) is 74.7 Å². The quantitative estimate of drug-likeness (QED) is 0.0618. The van der Waals surface area contributed by atoms with Crippen molar-refractivity contribution >= 4 is 58.5 Å². The van der Waals surface area contributed by atoms with Gasteiger partial charge in [-0.25, -0.2) is 0 Å². The molecule has 2 amide bonds. The van der Waals surface area contributed by atoms with E-state index < -0.39 is 0 Å². The first-order valence-corrected chi connectivity index (χ1v) is 23.8. The van der Waals surface area contributed by atoms with Crippen LogP contribution in [0.5, 0.6) is 17.2 Å². The summed E-state index contributed by atoms with van der Waals surface area (Å²) in [6.45, 7) is 7.73. The van der Waals surface area contributed by atoms with Gasteiger partial charge in [0.1, 0.15) is 24.7 Å². The number of anilines is 3. The van der Waals surface area contributed by atoms with Crippen molar-refractivity contribution in [2.75, 3.05) is 75.0 Å². The predicted octanol–water partition coefficient (Wildman–Crippen LogP) is 8.98. The summed E-state index contributed by atoms with van der Waals surface area (Å²) < 4.78 is 35.7. The number of carbonyl (C=O) groups excluding carboxylic acids is 3.